The molecule has 33 heavy (non-hydrogen) atoms. The lowest BCUT2D eigenvalue weighted by Gasteiger charge is -2.28. The van der Waals surface area contributed by atoms with Crippen molar-refractivity contribution in [1.82, 2.24) is 14.3 Å². The minimum absolute atomic E-state index is 0.152. The van der Waals surface area contributed by atoms with Crippen molar-refractivity contribution in [2.45, 2.75) is 13.0 Å². The van der Waals surface area contributed by atoms with Crippen LogP contribution in [0.2, 0.25) is 0 Å². The Kier molecular flexibility index (Phi) is 6.90. The molecule has 1 N–H and O–H groups in total. The number of nitrogens with zero attached hydrogens (tertiary/aromatic N) is 4. The molecule has 9 nitrogen and oxygen atoms in total. The second-order valence-electron chi connectivity index (χ2n) is 7.95. The number of rotatable bonds is 7. The number of morpholine rings is 1. The summed E-state index contributed by atoms with van der Waals surface area (Å²) in [6.07, 6.45) is 1.02. The Morgan fingerprint density at radius 1 is 1.24 bits per heavy atom. The Hall–Kier alpha value is -3.43. The van der Waals surface area contributed by atoms with Crippen molar-refractivity contribution >= 4 is 17.4 Å². The maximum absolute atomic E-state index is 13.1. The van der Waals surface area contributed by atoms with Crippen LogP contribution in [0.5, 0.6) is 5.75 Å². The normalized spacial score (nSPS) is 14.8. The van der Waals surface area contributed by atoms with Crippen LogP contribution in [-0.2, 0) is 4.74 Å². The summed E-state index contributed by atoms with van der Waals surface area (Å²) < 4.78 is 12.9. The van der Waals surface area contributed by atoms with Gasteiger partial charge < -0.3 is 24.4 Å². The van der Waals surface area contributed by atoms with Gasteiger partial charge in [0.15, 0.2) is 0 Å². The number of fused-ring (bicyclic) bond motifs is 1. The fourth-order valence-electron chi connectivity index (χ4n) is 3.83. The standard InChI is InChI=1S/C24H28N4O5/c1-17(33-19-6-4-3-5-7-19)20-14-18(24(31)26(2)8-11-29)16-28-22(30)15-21(25-23(20)28)27-9-12-32-13-10-27/h3-7,14-17,29H,8-13H2,1-2H3/t17-/m1/s1. The smallest absolute Gasteiger partial charge is 0.259 e. The first-order chi connectivity index (χ1) is 16.0. The van der Waals surface area contributed by atoms with Gasteiger partial charge in [-0.1, -0.05) is 18.2 Å². The minimum Gasteiger partial charge on any atom is -0.486 e. The summed E-state index contributed by atoms with van der Waals surface area (Å²) in [5.74, 6) is 0.945. The Morgan fingerprint density at radius 3 is 2.67 bits per heavy atom. The number of likely N-dealkylation sites (N-methyl/N-ethyl adjacent to an activating group) is 1. The number of carbonyl (C=O) groups is 1. The number of amides is 1. The van der Waals surface area contributed by atoms with Crippen LogP contribution in [0.3, 0.4) is 0 Å². The van der Waals surface area contributed by atoms with E-state index in [4.69, 9.17) is 14.5 Å². The van der Waals surface area contributed by atoms with Crippen LogP contribution in [0.15, 0.2) is 53.5 Å². The summed E-state index contributed by atoms with van der Waals surface area (Å²) in [7, 11) is 1.61. The van der Waals surface area contributed by atoms with Gasteiger partial charge in [0.25, 0.3) is 11.5 Å². The molecule has 0 radical (unpaired) electrons. The third kappa shape index (κ3) is 4.99. The number of benzene rings is 1. The third-order valence-electron chi connectivity index (χ3n) is 5.63. The molecule has 0 bridgehead atoms. The largest absolute Gasteiger partial charge is 0.486 e. The van der Waals surface area contributed by atoms with E-state index in [-0.39, 0.29) is 24.6 Å². The van der Waals surface area contributed by atoms with Crippen molar-refractivity contribution in [2.24, 2.45) is 0 Å². The number of anilines is 1. The van der Waals surface area contributed by atoms with Gasteiger partial charge in [-0.25, -0.2) is 4.98 Å². The number of ether oxygens (including phenoxy) is 2. The molecule has 2 aromatic heterocycles. The Bertz CT molecular complexity index is 1170. The Balaban J connectivity index is 1.83. The van der Waals surface area contributed by atoms with Gasteiger partial charge in [0.05, 0.1) is 25.4 Å². The lowest BCUT2D eigenvalue weighted by Crippen LogP contribution is -2.38. The fraction of sp³-hybridized carbons (Fsp3) is 0.375. The van der Waals surface area contributed by atoms with Crippen LogP contribution in [0.1, 0.15) is 28.9 Å². The van der Waals surface area contributed by atoms with Gasteiger partial charge in [-0.15, -0.1) is 0 Å². The van der Waals surface area contributed by atoms with E-state index in [0.717, 1.165) is 0 Å². The first kappa shape index (κ1) is 22.8. The average Bonchev–Trinajstić information content (AvgIpc) is 2.84. The monoisotopic (exact) mass is 452 g/mol. The minimum atomic E-state index is -0.481. The number of pyridine rings is 1. The van der Waals surface area contributed by atoms with Gasteiger partial charge >= 0.3 is 0 Å². The molecule has 0 aliphatic carbocycles. The average molecular weight is 453 g/mol. The topological polar surface area (TPSA) is 96.6 Å². The predicted molar refractivity (Wildman–Crippen MR) is 124 cm³/mol. The number of hydrogen-bond donors (Lipinski definition) is 1. The van der Waals surface area contributed by atoms with E-state index in [1.54, 1.807) is 13.1 Å². The number of aromatic nitrogens is 2. The highest BCUT2D eigenvalue weighted by molar-refractivity contribution is 5.94. The molecule has 3 heterocycles. The maximum atomic E-state index is 13.1. The summed E-state index contributed by atoms with van der Waals surface area (Å²) in [6, 6.07) is 12.6. The molecule has 1 aromatic carbocycles. The molecule has 1 amide bonds. The van der Waals surface area contributed by atoms with Crippen molar-refractivity contribution in [3.05, 3.63) is 70.1 Å². The molecule has 0 spiro atoms. The van der Waals surface area contributed by atoms with Gasteiger partial charge in [0.1, 0.15) is 23.3 Å². The summed E-state index contributed by atoms with van der Waals surface area (Å²) in [4.78, 5) is 34.3. The van der Waals surface area contributed by atoms with Crippen LogP contribution in [0, 0.1) is 0 Å². The molecule has 0 saturated carbocycles. The van der Waals surface area contributed by atoms with E-state index in [1.807, 2.05) is 42.2 Å². The Labute approximate surface area is 191 Å². The molecule has 1 aliphatic rings. The van der Waals surface area contributed by atoms with Crippen LogP contribution in [0.4, 0.5) is 5.82 Å². The molecule has 3 aromatic rings. The van der Waals surface area contributed by atoms with Gasteiger partial charge in [-0.2, -0.15) is 0 Å². The van der Waals surface area contributed by atoms with E-state index >= 15 is 0 Å². The number of aliphatic hydroxyl groups is 1. The molecule has 1 atom stereocenters. The lowest BCUT2D eigenvalue weighted by molar-refractivity contribution is 0.0766. The van der Waals surface area contributed by atoms with E-state index in [0.29, 0.717) is 54.6 Å². The van der Waals surface area contributed by atoms with Crippen molar-refractivity contribution < 1.29 is 19.4 Å². The summed E-state index contributed by atoms with van der Waals surface area (Å²) >= 11 is 0. The molecule has 1 fully saturated rings. The highest BCUT2D eigenvalue weighted by Gasteiger charge is 2.22. The van der Waals surface area contributed by atoms with E-state index in [2.05, 4.69) is 0 Å². The number of aliphatic hydroxyl groups excluding tert-OH is 1. The van der Waals surface area contributed by atoms with Crippen LogP contribution >= 0.6 is 0 Å². The van der Waals surface area contributed by atoms with Crippen molar-refractivity contribution in [1.29, 1.82) is 0 Å². The maximum Gasteiger partial charge on any atom is 0.259 e. The zero-order valence-electron chi connectivity index (χ0n) is 18.8. The second kappa shape index (κ2) is 10.0. The molecule has 9 heteroatoms. The Morgan fingerprint density at radius 2 is 1.97 bits per heavy atom. The van der Waals surface area contributed by atoms with Crippen molar-refractivity contribution in [3.8, 4) is 5.75 Å². The van der Waals surface area contributed by atoms with Crippen LogP contribution in [0.25, 0.3) is 5.65 Å². The van der Waals surface area contributed by atoms with Gasteiger partial charge in [-0.3, -0.25) is 14.0 Å². The highest BCUT2D eigenvalue weighted by Crippen LogP contribution is 2.26. The van der Waals surface area contributed by atoms with Crippen LogP contribution < -0.4 is 15.2 Å². The first-order valence-electron chi connectivity index (χ1n) is 11.0. The van der Waals surface area contributed by atoms with Crippen LogP contribution in [-0.4, -0.2) is 71.8 Å². The zero-order valence-corrected chi connectivity index (χ0v) is 18.8. The van der Waals surface area contributed by atoms with E-state index in [1.165, 1.54) is 21.6 Å². The predicted octanol–water partition coefficient (Wildman–Crippen LogP) is 1.74. The molecule has 174 valence electrons. The molecular formula is C24H28N4O5. The second-order valence-corrected chi connectivity index (χ2v) is 7.95. The molecule has 4 rings (SSSR count). The van der Waals surface area contributed by atoms with Gasteiger partial charge in [0, 0.05) is 44.5 Å². The van der Waals surface area contributed by atoms with Gasteiger partial charge in [0.2, 0.25) is 0 Å². The summed E-state index contributed by atoms with van der Waals surface area (Å²) in [6.45, 7) is 4.35. The number of para-hydroxylation sites is 1. The number of carbonyl (C=O) groups excluding carboxylic acids is 1. The fourth-order valence-corrected chi connectivity index (χ4v) is 3.83. The van der Waals surface area contributed by atoms with E-state index < -0.39 is 6.10 Å². The SMILES string of the molecule is C[C@@H](Oc1ccccc1)c1cc(C(=O)N(C)CCO)cn2c(=O)cc(N3CCOCC3)nc12. The summed E-state index contributed by atoms with van der Waals surface area (Å²) in [5.41, 5.74) is 1.09. The quantitative estimate of drug-likeness (QED) is 0.583. The van der Waals surface area contributed by atoms with E-state index in [9.17, 15) is 14.7 Å². The third-order valence-corrected chi connectivity index (χ3v) is 5.63. The van der Waals surface area contributed by atoms with Crippen molar-refractivity contribution in [2.75, 3.05) is 51.4 Å². The molecule has 0 unspecified atom stereocenters. The molecule has 1 saturated heterocycles. The molecular weight excluding hydrogens is 424 g/mol. The first-order valence-corrected chi connectivity index (χ1v) is 11.0. The zero-order chi connectivity index (χ0) is 23.4. The highest BCUT2D eigenvalue weighted by atomic mass is 16.5. The summed E-state index contributed by atoms with van der Waals surface area (Å²) in [5, 5.41) is 9.22. The van der Waals surface area contributed by atoms with Crippen molar-refractivity contribution in [3.63, 3.8) is 0 Å². The molecule has 1 aliphatic heterocycles. The number of hydrogen-bond acceptors (Lipinski definition) is 7. The van der Waals surface area contributed by atoms with Gasteiger partial charge in [-0.05, 0) is 25.1 Å². The lowest BCUT2D eigenvalue weighted by atomic mass is 10.1.